The minimum atomic E-state index is -1.03. The van der Waals surface area contributed by atoms with Crippen molar-refractivity contribution in [3.63, 3.8) is 0 Å². The third-order valence-corrected chi connectivity index (χ3v) is 5.58. The number of carbonyl (C=O) groups excluding carboxylic acids is 1. The second kappa shape index (κ2) is 8.77. The summed E-state index contributed by atoms with van der Waals surface area (Å²) in [6, 6.07) is 11.2. The van der Waals surface area contributed by atoms with E-state index in [0.29, 0.717) is 17.1 Å². The van der Waals surface area contributed by atoms with E-state index in [1.807, 2.05) is 30.3 Å². The van der Waals surface area contributed by atoms with Crippen LogP contribution >= 0.6 is 0 Å². The van der Waals surface area contributed by atoms with Crippen LogP contribution in [0.25, 0.3) is 33.5 Å². The topological polar surface area (TPSA) is 137 Å². The predicted octanol–water partition coefficient (Wildman–Crippen LogP) is 3.27. The Hall–Kier alpha value is -4.80. The summed E-state index contributed by atoms with van der Waals surface area (Å²) in [4.78, 5) is 34.8. The smallest absolute Gasteiger partial charge is 0.274 e. The molecule has 4 aromatic heterocycles. The minimum absolute atomic E-state index is 0.0600. The number of anilines is 1. The molecule has 5 rings (SSSR count). The van der Waals surface area contributed by atoms with Crippen molar-refractivity contribution in [3.05, 3.63) is 78.5 Å². The van der Waals surface area contributed by atoms with Gasteiger partial charge in [-0.05, 0) is 38.1 Å². The number of fused-ring (bicyclic) bond motifs is 1. The largest absolute Gasteiger partial charge is 0.382 e. The molecule has 0 saturated heterocycles. The fourth-order valence-electron chi connectivity index (χ4n) is 3.79. The second-order valence-electron chi connectivity index (χ2n) is 8.74. The molecule has 0 saturated carbocycles. The maximum absolute atomic E-state index is 13.3. The molecule has 11 heteroatoms. The molecule has 1 amide bonds. The number of hydrogen-bond donors (Lipinski definition) is 2. The molecule has 0 atom stereocenters. The van der Waals surface area contributed by atoms with Crippen LogP contribution in [0.15, 0.2) is 61.2 Å². The first-order valence-corrected chi connectivity index (χ1v) is 11.0. The van der Waals surface area contributed by atoms with E-state index in [1.54, 1.807) is 44.0 Å². The summed E-state index contributed by atoms with van der Waals surface area (Å²) in [5, 5.41) is 8.18. The van der Waals surface area contributed by atoms with Crippen LogP contribution in [0, 0.1) is 5.82 Å². The van der Waals surface area contributed by atoms with Crippen molar-refractivity contribution in [2.75, 3.05) is 5.73 Å². The van der Waals surface area contributed by atoms with E-state index in [-0.39, 0.29) is 17.3 Å². The molecule has 0 fully saturated rings. The molecule has 4 heterocycles. The number of aromatic nitrogens is 7. The van der Waals surface area contributed by atoms with Gasteiger partial charge in [-0.25, -0.2) is 24.3 Å². The minimum Gasteiger partial charge on any atom is -0.382 e. The molecule has 0 spiro atoms. The standard InChI is InChI=1S/C25H22FN9O/c1-25(2,24-29-12-16(26)13-30-24)33-23(36)21-22(27)32-20(18-8-10-35(3)34-18)19(31-21)15-6-7-17-14(11-15)5-4-9-28-17/h4-13H,1-3H3,(H2,27,32)(H,33,36). The lowest BCUT2D eigenvalue weighted by Gasteiger charge is -2.24. The van der Waals surface area contributed by atoms with Crippen LogP contribution in [0.3, 0.4) is 0 Å². The number of carbonyl (C=O) groups is 1. The first-order valence-electron chi connectivity index (χ1n) is 11.0. The van der Waals surface area contributed by atoms with Crippen LogP contribution in [-0.4, -0.2) is 40.6 Å². The van der Waals surface area contributed by atoms with Gasteiger partial charge in [-0.3, -0.25) is 14.5 Å². The van der Waals surface area contributed by atoms with Crippen molar-refractivity contribution < 1.29 is 9.18 Å². The lowest BCUT2D eigenvalue weighted by atomic mass is 10.0. The van der Waals surface area contributed by atoms with Crippen LogP contribution < -0.4 is 11.1 Å². The van der Waals surface area contributed by atoms with Crippen molar-refractivity contribution in [3.8, 4) is 22.6 Å². The number of nitrogens with two attached hydrogens (primary N) is 1. The summed E-state index contributed by atoms with van der Waals surface area (Å²) in [7, 11) is 1.79. The normalized spacial score (nSPS) is 11.6. The maximum atomic E-state index is 13.3. The number of aryl methyl sites for hydroxylation is 1. The molecule has 0 bridgehead atoms. The molecule has 0 radical (unpaired) electrons. The van der Waals surface area contributed by atoms with Gasteiger partial charge in [0, 0.05) is 30.4 Å². The van der Waals surface area contributed by atoms with Gasteiger partial charge in [-0.2, -0.15) is 5.10 Å². The molecule has 10 nitrogen and oxygen atoms in total. The van der Waals surface area contributed by atoms with Gasteiger partial charge in [0.2, 0.25) is 0 Å². The number of nitrogen functional groups attached to an aromatic ring is 1. The number of rotatable bonds is 5. The number of amides is 1. The monoisotopic (exact) mass is 483 g/mol. The highest BCUT2D eigenvalue weighted by molar-refractivity contribution is 5.98. The third-order valence-electron chi connectivity index (χ3n) is 5.58. The Morgan fingerprint density at radius 1 is 1.06 bits per heavy atom. The van der Waals surface area contributed by atoms with Gasteiger partial charge < -0.3 is 11.1 Å². The quantitative estimate of drug-likeness (QED) is 0.389. The highest BCUT2D eigenvalue weighted by Gasteiger charge is 2.29. The Morgan fingerprint density at radius 2 is 1.83 bits per heavy atom. The van der Waals surface area contributed by atoms with Crippen molar-refractivity contribution in [1.82, 2.24) is 40.0 Å². The van der Waals surface area contributed by atoms with Crippen LogP contribution in [0.2, 0.25) is 0 Å². The lowest BCUT2D eigenvalue weighted by molar-refractivity contribution is 0.0904. The van der Waals surface area contributed by atoms with Gasteiger partial charge in [0.25, 0.3) is 5.91 Å². The summed E-state index contributed by atoms with van der Waals surface area (Å²) >= 11 is 0. The Kier molecular flexibility index (Phi) is 5.59. The van der Waals surface area contributed by atoms with Gasteiger partial charge >= 0.3 is 0 Å². The fourth-order valence-corrected chi connectivity index (χ4v) is 3.79. The molecular formula is C25H22FN9O. The number of hydrogen-bond acceptors (Lipinski definition) is 8. The molecule has 180 valence electrons. The average Bonchev–Trinajstić information content (AvgIpc) is 3.29. The summed E-state index contributed by atoms with van der Waals surface area (Å²) in [6.07, 6.45) is 5.59. The van der Waals surface area contributed by atoms with Gasteiger partial charge in [-0.15, -0.1) is 0 Å². The summed E-state index contributed by atoms with van der Waals surface area (Å²) in [5.74, 6) is -0.975. The Balaban J connectivity index is 1.60. The molecule has 5 aromatic rings. The predicted molar refractivity (Wildman–Crippen MR) is 132 cm³/mol. The molecule has 3 N–H and O–H groups in total. The van der Waals surface area contributed by atoms with Crippen LogP contribution in [0.1, 0.15) is 30.2 Å². The number of benzene rings is 1. The summed E-state index contributed by atoms with van der Waals surface area (Å²) in [5.41, 5.74) is 8.11. The van der Waals surface area contributed by atoms with Crippen LogP contribution in [0.5, 0.6) is 0 Å². The van der Waals surface area contributed by atoms with E-state index < -0.39 is 17.3 Å². The zero-order valence-corrected chi connectivity index (χ0v) is 19.8. The molecule has 0 aliphatic heterocycles. The Labute approximate surface area is 205 Å². The van der Waals surface area contributed by atoms with Crippen molar-refractivity contribution in [2.24, 2.45) is 7.05 Å². The first-order chi connectivity index (χ1) is 17.2. The first kappa shape index (κ1) is 23.0. The van der Waals surface area contributed by atoms with Crippen molar-refractivity contribution in [1.29, 1.82) is 0 Å². The van der Waals surface area contributed by atoms with E-state index >= 15 is 0 Å². The summed E-state index contributed by atoms with van der Waals surface area (Å²) in [6.45, 7) is 3.39. The van der Waals surface area contributed by atoms with E-state index in [0.717, 1.165) is 28.9 Å². The maximum Gasteiger partial charge on any atom is 0.274 e. The molecule has 0 aliphatic rings. The molecule has 0 aliphatic carbocycles. The van der Waals surface area contributed by atoms with Crippen molar-refractivity contribution in [2.45, 2.75) is 19.4 Å². The van der Waals surface area contributed by atoms with E-state index in [1.165, 1.54) is 0 Å². The van der Waals surface area contributed by atoms with E-state index in [2.05, 4.69) is 35.3 Å². The molecule has 1 aromatic carbocycles. The lowest BCUT2D eigenvalue weighted by Crippen LogP contribution is -2.43. The Morgan fingerprint density at radius 3 is 2.56 bits per heavy atom. The fraction of sp³-hybridized carbons (Fsp3) is 0.160. The van der Waals surface area contributed by atoms with Crippen molar-refractivity contribution >= 4 is 22.6 Å². The molecule has 0 unspecified atom stereocenters. The highest BCUT2D eigenvalue weighted by atomic mass is 19.1. The third kappa shape index (κ3) is 4.33. The number of halogens is 1. The zero-order valence-electron chi connectivity index (χ0n) is 19.8. The number of nitrogens with one attached hydrogen (secondary N) is 1. The average molecular weight is 484 g/mol. The zero-order chi connectivity index (χ0) is 25.4. The number of pyridine rings is 1. The molecular weight excluding hydrogens is 461 g/mol. The van der Waals surface area contributed by atoms with Gasteiger partial charge in [0.15, 0.2) is 23.2 Å². The van der Waals surface area contributed by atoms with Crippen LogP contribution in [0.4, 0.5) is 10.2 Å². The van der Waals surface area contributed by atoms with Crippen LogP contribution in [-0.2, 0) is 12.6 Å². The molecule has 36 heavy (non-hydrogen) atoms. The highest BCUT2D eigenvalue weighted by Crippen LogP contribution is 2.31. The van der Waals surface area contributed by atoms with Gasteiger partial charge in [0.05, 0.1) is 29.1 Å². The second-order valence-corrected chi connectivity index (χ2v) is 8.74. The van der Waals surface area contributed by atoms with E-state index in [9.17, 15) is 9.18 Å². The van der Waals surface area contributed by atoms with E-state index in [4.69, 9.17) is 5.73 Å². The Bertz CT molecular complexity index is 1600. The summed E-state index contributed by atoms with van der Waals surface area (Å²) < 4.78 is 14.9. The van der Waals surface area contributed by atoms with Gasteiger partial charge in [-0.1, -0.05) is 12.1 Å². The number of nitrogens with zero attached hydrogens (tertiary/aromatic N) is 7. The SMILES string of the molecule is Cn1ccc(-c2nc(N)c(C(=O)NC(C)(C)c3ncc(F)cn3)nc2-c2ccc3ncccc3c2)n1. The van der Waals surface area contributed by atoms with Gasteiger partial charge in [0.1, 0.15) is 11.4 Å².